The quantitative estimate of drug-likeness (QED) is 0.411. The molecule has 1 aliphatic rings. The fourth-order valence-electron chi connectivity index (χ4n) is 1.71. The van der Waals surface area contributed by atoms with Crippen LogP contribution in [-0.2, 0) is 0 Å². The van der Waals surface area contributed by atoms with Crippen LogP contribution in [0.5, 0.6) is 5.88 Å². The van der Waals surface area contributed by atoms with E-state index >= 15 is 0 Å². The molecule has 0 aliphatic carbocycles. The van der Waals surface area contributed by atoms with Gasteiger partial charge in [-0.25, -0.2) is 0 Å². The topological polar surface area (TPSA) is 137 Å². The molecule has 2 rings (SSSR count). The van der Waals surface area contributed by atoms with Crippen LogP contribution in [0.2, 0.25) is 0 Å². The van der Waals surface area contributed by atoms with Gasteiger partial charge in [-0.3, -0.25) is 0 Å². The highest BCUT2D eigenvalue weighted by Crippen LogP contribution is 2.32. The third-order valence-corrected chi connectivity index (χ3v) is 2.63. The van der Waals surface area contributed by atoms with E-state index in [4.69, 9.17) is 5.73 Å². The number of anilines is 3. The van der Waals surface area contributed by atoms with Gasteiger partial charge in [-0.05, 0) is 6.92 Å². The van der Waals surface area contributed by atoms with Crippen LogP contribution in [0.3, 0.4) is 0 Å². The number of nitrogens with one attached hydrogen (secondary N) is 2. The van der Waals surface area contributed by atoms with Gasteiger partial charge in [-0.1, -0.05) is 0 Å². The van der Waals surface area contributed by atoms with Crippen LogP contribution in [0, 0.1) is 0 Å². The fourth-order valence-corrected chi connectivity index (χ4v) is 1.71. The molecule has 1 aromatic rings. The van der Waals surface area contributed by atoms with E-state index in [1.165, 1.54) is 6.92 Å². The maximum atomic E-state index is 9.73. The molecule has 18 heavy (non-hydrogen) atoms. The summed E-state index contributed by atoms with van der Waals surface area (Å²) in [5.41, 5.74) is 5.74. The van der Waals surface area contributed by atoms with Crippen molar-refractivity contribution in [2.45, 2.75) is 25.2 Å². The highest BCUT2D eigenvalue weighted by atomic mass is 35.5. The Hall–Kier alpha value is -1.51. The number of halogens is 1. The molecule has 0 aromatic carbocycles. The van der Waals surface area contributed by atoms with Gasteiger partial charge < -0.3 is 31.7 Å². The Labute approximate surface area is 110 Å². The summed E-state index contributed by atoms with van der Waals surface area (Å²) in [7, 11) is 0. The Morgan fingerprint density at radius 1 is 1.39 bits per heavy atom. The van der Waals surface area contributed by atoms with Crippen molar-refractivity contribution >= 4 is 29.9 Å². The third kappa shape index (κ3) is 2.66. The van der Waals surface area contributed by atoms with Crippen LogP contribution in [-0.4, -0.2) is 50.1 Å². The monoisotopic (exact) mass is 277 g/mol. The molecule has 0 spiro atoms. The highest BCUT2D eigenvalue weighted by Gasteiger charge is 2.29. The molecule has 0 fully saturated rings. The summed E-state index contributed by atoms with van der Waals surface area (Å²) in [6.45, 7) is 1.83. The van der Waals surface area contributed by atoms with E-state index < -0.39 is 18.2 Å². The number of fused-ring (bicyclic) bond motifs is 1. The number of aliphatic hydroxyl groups is 2. The molecule has 1 aliphatic heterocycles. The summed E-state index contributed by atoms with van der Waals surface area (Å²) in [6.07, 6.45) is -1.82. The van der Waals surface area contributed by atoms with Gasteiger partial charge in [-0.15, -0.1) is 12.4 Å². The molecule has 9 heteroatoms. The zero-order chi connectivity index (χ0) is 12.6. The Kier molecular flexibility index (Phi) is 4.38. The molecule has 0 radical (unpaired) electrons. The highest BCUT2D eigenvalue weighted by molar-refractivity contribution is 5.85. The van der Waals surface area contributed by atoms with Crippen LogP contribution < -0.4 is 16.4 Å². The number of rotatable bonds is 2. The molecule has 1 aromatic heterocycles. The van der Waals surface area contributed by atoms with Crippen LogP contribution >= 0.6 is 12.4 Å². The lowest BCUT2D eigenvalue weighted by molar-refractivity contribution is 0.0213. The lowest BCUT2D eigenvalue weighted by atomic mass is 10.0. The van der Waals surface area contributed by atoms with Gasteiger partial charge >= 0.3 is 0 Å². The number of hydrogen-bond acceptors (Lipinski definition) is 8. The van der Waals surface area contributed by atoms with Crippen molar-refractivity contribution in [2.75, 3.05) is 22.9 Å². The lowest BCUT2D eigenvalue weighted by Crippen LogP contribution is -2.47. The van der Waals surface area contributed by atoms with Crippen LogP contribution in [0.15, 0.2) is 0 Å². The average Bonchev–Trinajstić information content (AvgIpc) is 2.26. The third-order valence-electron chi connectivity index (χ3n) is 2.63. The zero-order valence-electron chi connectivity index (χ0n) is 9.66. The normalized spacial score (nSPS) is 20.7. The number of aliphatic hydroxyl groups excluding tert-OH is 2. The molecule has 0 saturated carbocycles. The Morgan fingerprint density at radius 3 is 2.67 bits per heavy atom. The Bertz CT molecular complexity index is 431. The number of aromatic hydroxyl groups is 1. The number of hydrogen-bond donors (Lipinski definition) is 6. The van der Waals surface area contributed by atoms with Gasteiger partial charge in [0.25, 0.3) is 0 Å². The standard InChI is InChI=1S/C9H15N5O3.ClH/c1-3(15)6(16)4-2-11-5-7(12-4)13-9(10)14-8(5)17;/h3-4,6,11,15-16H,2H2,1H3,(H4,10,12,13,14,17);1H. The van der Waals surface area contributed by atoms with E-state index in [1.54, 1.807) is 0 Å². The summed E-state index contributed by atoms with van der Waals surface area (Å²) in [5, 5.41) is 34.3. The lowest BCUT2D eigenvalue weighted by Gasteiger charge is -2.31. The first-order valence-corrected chi connectivity index (χ1v) is 5.22. The Morgan fingerprint density at radius 2 is 2.06 bits per heavy atom. The van der Waals surface area contributed by atoms with Gasteiger partial charge in [0.15, 0.2) is 5.82 Å². The summed E-state index contributed by atoms with van der Waals surface area (Å²) >= 11 is 0. The number of nitrogens with two attached hydrogens (primary N) is 1. The van der Waals surface area contributed by atoms with Crippen LogP contribution in [0.4, 0.5) is 17.5 Å². The summed E-state index contributed by atoms with van der Waals surface area (Å²) < 4.78 is 0. The van der Waals surface area contributed by atoms with E-state index in [0.717, 1.165) is 0 Å². The van der Waals surface area contributed by atoms with Crippen molar-refractivity contribution in [1.29, 1.82) is 0 Å². The van der Waals surface area contributed by atoms with E-state index in [9.17, 15) is 15.3 Å². The second kappa shape index (κ2) is 5.42. The summed E-state index contributed by atoms with van der Waals surface area (Å²) in [4.78, 5) is 7.51. The van der Waals surface area contributed by atoms with E-state index in [2.05, 4.69) is 20.6 Å². The first-order valence-electron chi connectivity index (χ1n) is 5.22. The van der Waals surface area contributed by atoms with Crippen molar-refractivity contribution in [3.63, 3.8) is 0 Å². The van der Waals surface area contributed by atoms with Gasteiger partial charge in [0, 0.05) is 6.54 Å². The van der Waals surface area contributed by atoms with E-state index in [1.807, 2.05) is 0 Å². The molecular formula is C9H16ClN5O3. The predicted molar refractivity (Wildman–Crippen MR) is 68.9 cm³/mol. The van der Waals surface area contributed by atoms with Gasteiger partial charge in [0.05, 0.1) is 12.1 Å². The fraction of sp³-hybridized carbons (Fsp3) is 0.556. The van der Waals surface area contributed by atoms with Crippen LogP contribution in [0.25, 0.3) is 0 Å². The van der Waals surface area contributed by atoms with E-state index in [0.29, 0.717) is 18.1 Å². The van der Waals surface area contributed by atoms with E-state index in [-0.39, 0.29) is 24.2 Å². The van der Waals surface area contributed by atoms with Crippen molar-refractivity contribution in [3.8, 4) is 5.88 Å². The molecule has 2 heterocycles. The first-order chi connectivity index (χ1) is 7.99. The van der Waals surface area contributed by atoms with Gasteiger partial charge in [0.1, 0.15) is 11.8 Å². The summed E-state index contributed by atoms with van der Waals surface area (Å²) in [5.74, 6) is -0.00123. The van der Waals surface area contributed by atoms with Crippen LogP contribution in [0.1, 0.15) is 6.92 Å². The SMILES string of the molecule is CC(O)C(O)C1CNc2c(O)nc(N)nc2N1.Cl. The minimum absolute atomic E-state index is 0. The van der Waals surface area contributed by atoms with Crippen molar-refractivity contribution in [3.05, 3.63) is 0 Å². The smallest absolute Gasteiger partial charge is 0.242 e. The second-order valence-electron chi connectivity index (χ2n) is 3.99. The van der Waals surface area contributed by atoms with Crippen molar-refractivity contribution in [1.82, 2.24) is 9.97 Å². The van der Waals surface area contributed by atoms with Gasteiger partial charge in [0.2, 0.25) is 11.8 Å². The largest absolute Gasteiger partial charge is 0.492 e. The maximum Gasteiger partial charge on any atom is 0.242 e. The maximum absolute atomic E-state index is 9.73. The number of aromatic nitrogens is 2. The minimum atomic E-state index is -0.950. The van der Waals surface area contributed by atoms with Crippen molar-refractivity contribution < 1.29 is 15.3 Å². The van der Waals surface area contributed by atoms with Gasteiger partial charge in [-0.2, -0.15) is 9.97 Å². The molecule has 0 bridgehead atoms. The average molecular weight is 278 g/mol. The molecular weight excluding hydrogens is 262 g/mol. The predicted octanol–water partition coefficient (Wildman–Crippen LogP) is -0.866. The molecule has 8 nitrogen and oxygen atoms in total. The minimum Gasteiger partial charge on any atom is -0.492 e. The second-order valence-corrected chi connectivity index (χ2v) is 3.99. The number of nitrogens with zero attached hydrogens (tertiary/aromatic N) is 2. The molecule has 102 valence electrons. The first kappa shape index (κ1) is 14.6. The number of nitrogen functional groups attached to an aromatic ring is 1. The molecule has 3 unspecified atom stereocenters. The molecule has 0 saturated heterocycles. The molecule has 3 atom stereocenters. The van der Waals surface area contributed by atoms with Crippen molar-refractivity contribution in [2.24, 2.45) is 0 Å². The zero-order valence-corrected chi connectivity index (χ0v) is 10.5. The molecule has 7 N–H and O–H groups in total. The Balaban J connectivity index is 0.00000162. The summed E-state index contributed by atoms with van der Waals surface area (Å²) in [6, 6.07) is -0.420. The molecule has 0 amide bonds.